The van der Waals surface area contributed by atoms with Crippen molar-refractivity contribution in [2.45, 2.75) is 102 Å². The molecule has 2 saturated carbocycles. The molecule has 9 heteroatoms. The molecule has 1 unspecified atom stereocenters. The number of sulfonamides is 1. The van der Waals surface area contributed by atoms with E-state index in [1.165, 1.54) is 49.6 Å². The summed E-state index contributed by atoms with van der Waals surface area (Å²) in [6.45, 7) is 7.52. The Morgan fingerprint density at radius 3 is 2.29 bits per heavy atom. The number of rotatable bonds is 11. The van der Waals surface area contributed by atoms with E-state index in [9.17, 15) is 13.2 Å². The van der Waals surface area contributed by atoms with Crippen LogP contribution in [0.4, 0.5) is 0 Å². The van der Waals surface area contributed by atoms with Gasteiger partial charge < -0.3 is 19.9 Å². The van der Waals surface area contributed by atoms with Gasteiger partial charge >= 0.3 is 0 Å². The lowest BCUT2D eigenvalue weighted by molar-refractivity contribution is -0.122. The van der Waals surface area contributed by atoms with Crippen molar-refractivity contribution in [1.82, 2.24) is 19.4 Å². The number of nitrogens with zero attached hydrogens (tertiary/aromatic N) is 3. The van der Waals surface area contributed by atoms with Gasteiger partial charge in [0.1, 0.15) is 0 Å². The Bertz CT molecular complexity index is 990. The second-order valence-corrected chi connectivity index (χ2v) is 14.2. The number of allylic oxidation sites excluding steroid dienone is 1. The summed E-state index contributed by atoms with van der Waals surface area (Å²) in [5, 5.41) is 3.18. The molecular formula is C29H50N4O4S. The maximum Gasteiger partial charge on any atom is 0.243 e. The monoisotopic (exact) mass is 550 g/mol. The van der Waals surface area contributed by atoms with Gasteiger partial charge in [-0.2, -0.15) is 0 Å². The molecule has 8 nitrogen and oxygen atoms in total. The lowest BCUT2D eigenvalue weighted by atomic mass is 9.87. The van der Waals surface area contributed by atoms with Gasteiger partial charge in [-0.25, -0.2) is 12.7 Å². The molecule has 0 aromatic rings. The molecule has 1 saturated heterocycles. The molecule has 1 aliphatic heterocycles. The zero-order chi connectivity index (χ0) is 27.4. The highest BCUT2D eigenvalue weighted by atomic mass is 32.2. The van der Waals surface area contributed by atoms with Crippen molar-refractivity contribution in [1.29, 1.82) is 0 Å². The number of hydrogen-bond acceptors (Lipinski definition) is 6. The van der Waals surface area contributed by atoms with Crippen LogP contribution in [-0.4, -0.2) is 100 Å². The van der Waals surface area contributed by atoms with E-state index >= 15 is 0 Å². The van der Waals surface area contributed by atoms with Crippen LogP contribution in [-0.2, 0) is 19.6 Å². The first-order valence-electron chi connectivity index (χ1n) is 14.7. The van der Waals surface area contributed by atoms with Crippen LogP contribution >= 0.6 is 0 Å². The van der Waals surface area contributed by atoms with Crippen LogP contribution in [0.3, 0.4) is 0 Å². The van der Waals surface area contributed by atoms with E-state index in [2.05, 4.69) is 22.2 Å². The van der Waals surface area contributed by atoms with E-state index in [4.69, 9.17) is 4.74 Å². The first-order valence-corrected chi connectivity index (χ1v) is 16.1. The van der Waals surface area contributed by atoms with E-state index in [-0.39, 0.29) is 31.0 Å². The summed E-state index contributed by atoms with van der Waals surface area (Å²) < 4.78 is 33.2. The maximum absolute atomic E-state index is 13.2. The first-order chi connectivity index (χ1) is 18.1. The summed E-state index contributed by atoms with van der Waals surface area (Å²) in [4.78, 5) is 18.3. The maximum atomic E-state index is 13.2. The highest BCUT2D eigenvalue weighted by Crippen LogP contribution is 2.32. The lowest BCUT2D eigenvalue weighted by Crippen LogP contribution is -2.47. The minimum Gasteiger partial charge on any atom is -0.377 e. The summed E-state index contributed by atoms with van der Waals surface area (Å²) in [7, 11) is 1.84. The van der Waals surface area contributed by atoms with Crippen LogP contribution in [0.25, 0.3) is 0 Å². The highest BCUT2D eigenvalue weighted by Gasteiger charge is 2.33. The fourth-order valence-electron chi connectivity index (χ4n) is 6.71. The summed E-state index contributed by atoms with van der Waals surface area (Å²) in [6.07, 6.45) is 12.2. The van der Waals surface area contributed by atoms with Crippen molar-refractivity contribution in [2.24, 2.45) is 5.92 Å². The molecule has 216 valence electrons. The molecule has 0 aromatic heterocycles. The number of methoxy groups -OCH3 is 1. The van der Waals surface area contributed by atoms with Crippen molar-refractivity contribution in [3.05, 3.63) is 22.1 Å². The summed E-state index contributed by atoms with van der Waals surface area (Å²) in [6, 6.07) is 1.69. The van der Waals surface area contributed by atoms with Crippen LogP contribution in [0.1, 0.15) is 78.1 Å². The number of piperidine rings is 1. The van der Waals surface area contributed by atoms with E-state index in [1.54, 1.807) is 14.2 Å². The van der Waals surface area contributed by atoms with Gasteiger partial charge in [-0.15, -0.1) is 0 Å². The predicted molar refractivity (Wildman–Crippen MR) is 152 cm³/mol. The van der Waals surface area contributed by atoms with Gasteiger partial charge in [0.25, 0.3) is 0 Å². The molecule has 4 aliphatic rings. The molecule has 1 atom stereocenters. The number of hydrogen-bond donors (Lipinski definition) is 1. The van der Waals surface area contributed by atoms with Gasteiger partial charge in [-0.05, 0) is 103 Å². The second-order valence-electron chi connectivity index (χ2n) is 12.2. The van der Waals surface area contributed by atoms with E-state index < -0.39 is 10.0 Å². The second kappa shape index (κ2) is 12.9. The molecule has 1 N–H and O–H groups in total. The quantitative estimate of drug-likeness (QED) is 0.424. The van der Waals surface area contributed by atoms with Crippen molar-refractivity contribution in [3.63, 3.8) is 0 Å². The van der Waals surface area contributed by atoms with E-state index in [0.717, 1.165) is 43.2 Å². The Balaban J connectivity index is 1.16. The molecule has 1 heterocycles. The number of nitrogens with one attached hydrogen (secondary N) is 1. The molecule has 3 aliphatic carbocycles. The average molecular weight is 551 g/mol. The van der Waals surface area contributed by atoms with Crippen LogP contribution in [0, 0.1) is 5.92 Å². The molecule has 0 radical (unpaired) electrons. The van der Waals surface area contributed by atoms with Crippen molar-refractivity contribution < 1.29 is 17.9 Å². The fourth-order valence-corrected chi connectivity index (χ4v) is 8.35. The molecular weight excluding hydrogens is 500 g/mol. The van der Waals surface area contributed by atoms with Gasteiger partial charge in [-0.3, -0.25) is 4.79 Å². The molecule has 1 amide bonds. The smallest absolute Gasteiger partial charge is 0.243 e. The summed E-state index contributed by atoms with van der Waals surface area (Å²) >= 11 is 0. The molecule has 0 bridgehead atoms. The third-order valence-electron chi connectivity index (χ3n) is 9.26. The van der Waals surface area contributed by atoms with Crippen LogP contribution in [0.5, 0.6) is 0 Å². The van der Waals surface area contributed by atoms with E-state index in [1.807, 2.05) is 19.9 Å². The minimum atomic E-state index is -3.65. The van der Waals surface area contributed by atoms with Crippen molar-refractivity contribution in [2.75, 3.05) is 47.4 Å². The van der Waals surface area contributed by atoms with Gasteiger partial charge in [0, 0.05) is 51.8 Å². The standard InChI is InChI=1S/C29H50N4O4S/c1-21-18-27(37-5)19-22(2)29(21)38(35,36)32(4)15-14-28(34)30-24-6-8-26(9-7-24)33-16-12-23(13-17-33)20-31(3)25-10-11-25/h18,23-27H,6-17,19-20H2,1-5H3,(H,30,34). The third-order valence-corrected chi connectivity index (χ3v) is 11.4. The minimum absolute atomic E-state index is 0.0582. The Kier molecular flexibility index (Phi) is 10.1. The fraction of sp³-hybridized carbons (Fsp3) is 0.828. The van der Waals surface area contributed by atoms with E-state index in [0.29, 0.717) is 22.9 Å². The van der Waals surface area contributed by atoms with Crippen LogP contribution in [0.2, 0.25) is 0 Å². The Labute approximate surface area is 230 Å². The number of carbonyl (C=O) groups excluding carboxylic acids is 1. The Morgan fingerprint density at radius 2 is 1.71 bits per heavy atom. The Hall–Kier alpha value is -1.26. The molecule has 38 heavy (non-hydrogen) atoms. The number of ether oxygens (including phenoxy) is 1. The van der Waals surface area contributed by atoms with Gasteiger partial charge in [-0.1, -0.05) is 11.6 Å². The number of likely N-dealkylation sites (tertiary alicyclic amines) is 1. The van der Waals surface area contributed by atoms with Gasteiger partial charge in [0.15, 0.2) is 0 Å². The zero-order valence-electron chi connectivity index (χ0n) is 24.2. The first kappa shape index (κ1) is 29.7. The normalized spacial score (nSPS) is 28.2. The average Bonchev–Trinajstić information content (AvgIpc) is 3.73. The topological polar surface area (TPSA) is 82.2 Å². The van der Waals surface area contributed by atoms with Gasteiger partial charge in [0.05, 0.1) is 11.0 Å². The van der Waals surface area contributed by atoms with Crippen molar-refractivity contribution in [3.8, 4) is 0 Å². The zero-order valence-corrected chi connectivity index (χ0v) is 25.1. The molecule has 0 spiro atoms. The number of amides is 1. The molecule has 4 rings (SSSR count). The largest absolute Gasteiger partial charge is 0.377 e. The lowest BCUT2D eigenvalue weighted by Gasteiger charge is -2.41. The predicted octanol–water partition coefficient (Wildman–Crippen LogP) is 3.51. The third kappa shape index (κ3) is 7.47. The van der Waals surface area contributed by atoms with Gasteiger partial charge in [0.2, 0.25) is 15.9 Å². The van der Waals surface area contributed by atoms with Crippen LogP contribution in [0.15, 0.2) is 22.1 Å². The summed E-state index contributed by atoms with van der Waals surface area (Å²) in [5.74, 6) is 0.784. The molecule has 3 fully saturated rings. The highest BCUT2D eigenvalue weighted by molar-refractivity contribution is 7.93. The SMILES string of the molecule is COC1C=C(C)C(S(=O)(=O)N(C)CCC(=O)NC2CCC(N3CCC(CN(C)C4CC4)CC3)CC2)=C(C)C1. The van der Waals surface area contributed by atoms with Crippen molar-refractivity contribution >= 4 is 15.9 Å². The van der Waals surface area contributed by atoms with Crippen LogP contribution < -0.4 is 5.32 Å². The summed E-state index contributed by atoms with van der Waals surface area (Å²) in [5.41, 5.74) is 1.52. The number of carbonyl (C=O) groups is 1. The Morgan fingerprint density at radius 1 is 1.05 bits per heavy atom. The molecule has 0 aromatic carbocycles.